The number of amides is 1. The molecule has 3 N–H and O–H groups in total. The average molecular weight is 402 g/mol. The lowest BCUT2D eigenvalue weighted by Gasteiger charge is -2.23. The van der Waals surface area contributed by atoms with Crippen LogP contribution in [0.4, 0.5) is 24.5 Å². The summed E-state index contributed by atoms with van der Waals surface area (Å²) in [7, 11) is -3.70. The Labute approximate surface area is 150 Å². The highest BCUT2D eigenvalue weighted by atomic mass is 35.5. The van der Waals surface area contributed by atoms with Crippen molar-refractivity contribution in [2.24, 2.45) is 5.92 Å². The molecule has 1 aromatic rings. The lowest BCUT2D eigenvalue weighted by molar-refractivity contribution is -0.137. The molecule has 0 bridgehead atoms. The van der Waals surface area contributed by atoms with Crippen LogP contribution in [0.2, 0.25) is 0 Å². The first-order valence-corrected chi connectivity index (χ1v) is 9.16. The van der Waals surface area contributed by atoms with Crippen LogP contribution in [0.15, 0.2) is 18.2 Å². The number of hydrogen-bond donors (Lipinski definition) is 3. The van der Waals surface area contributed by atoms with E-state index in [9.17, 15) is 26.4 Å². The average Bonchev–Trinajstić information content (AvgIpc) is 2.47. The highest BCUT2D eigenvalue weighted by Gasteiger charge is 2.32. The summed E-state index contributed by atoms with van der Waals surface area (Å²) >= 11 is 0. The Morgan fingerprint density at radius 3 is 2.48 bits per heavy atom. The van der Waals surface area contributed by atoms with Crippen molar-refractivity contribution in [3.05, 3.63) is 23.8 Å². The van der Waals surface area contributed by atoms with Crippen molar-refractivity contribution < 1.29 is 26.4 Å². The molecule has 1 unspecified atom stereocenters. The van der Waals surface area contributed by atoms with E-state index in [1.807, 2.05) is 0 Å². The van der Waals surface area contributed by atoms with Gasteiger partial charge in [0, 0.05) is 6.54 Å². The molecular weight excluding hydrogens is 383 g/mol. The van der Waals surface area contributed by atoms with E-state index < -0.39 is 27.7 Å². The Hall–Kier alpha value is -1.52. The molecule has 25 heavy (non-hydrogen) atoms. The normalized spacial score (nSPS) is 18.2. The number of halogens is 4. The molecule has 2 rings (SSSR count). The maximum atomic E-state index is 12.9. The van der Waals surface area contributed by atoms with Crippen LogP contribution in [-0.4, -0.2) is 33.7 Å². The highest BCUT2D eigenvalue weighted by Crippen LogP contribution is 2.34. The van der Waals surface area contributed by atoms with Crippen molar-refractivity contribution >= 4 is 39.7 Å². The molecule has 1 atom stereocenters. The van der Waals surface area contributed by atoms with Crippen LogP contribution >= 0.6 is 12.4 Å². The molecule has 0 radical (unpaired) electrons. The Bertz CT molecular complexity index is 720. The zero-order valence-corrected chi connectivity index (χ0v) is 14.9. The van der Waals surface area contributed by atoms with E-state index >= 15 is 0 Å². The quantitative estimate of drug-likeness (QED) is 0.723. The Morgan fingerprint density at radius 2 is 1.96 bits per heavy atom. The Morgan fingerprint density at radius 1 is 1.28 bits per heavy atom. The van der Waals surface area contributed by atoms with Gasteiger partial charge in [0.05, 0.1) is 29.1 Å². The smallest absolute Gasteiger partial charge is 0.324 e. The van der Waals surface area contributed by atoms with Gasteiger partial charge in [0.2, 0.25) is 15.9 Å². The van der Waals surface area contributed by atoms with Gasteiger partial charge in [0.15, 0.2) is 0 Å². The summed E-state index contributed by atoms with van der Waals surface area (Å²) in [6, 6.07) is 2.46. The molecule has 1 saturated heterocycles. The van der Waals surface area contributed by atoms with Gasteiger partial charge in [-0.15, -0.1) is 12.4 Å². The van der Waals surface area contributed by atoms with Crippen molar-refractivity contribution in [3.8, 4) is 0 Å². The molecular formula is C14H19ClF3N3O3S. The third kappa shape index (κ3) is 6.37. The molecule has 1 heterocycles. The van der Waals surface area contributed by atoms with Crippen LogP contribution in [0.5, 0.6) is 0 Å². The molecule has 6 nitrogen and oxygen atoms in total. The minimum atomic E-state index is -4.60. The van der Waals surface area contributed by atoms with Gasteiger partial charge >= 0.3 is 6.18 Å². The minimum Gasteiger partial charge on any atom is -0.324 e. The maximum Gasteiger partial charge on any atom is 0.416 e. The fraction of sp³-hybridized carbons (Fsp3) is 0.500. The molecule has 1 amide bonds. The van der Waals surface area contributed by atoms with E-state index in [-0.39, 0.29) is 29.7 Å². The number of sulfonamides is 1. The summed E-state index contributed by atoms with van der Waals surface area (Å²) < 4.78 is 63.4. The van der Waals surface area contributed by atoms with Crippen LogP contribution in [-0.2, 0) is 21.0 Å². The third-order valence-electron chi connectivity index (χ3n) is 3.57. The SMILES string of the molecule is CS(=O)(=O)Nc1ccc(C(F)(F)F)cc1NC(=O)C1CCCNC1.Cl. The van der Waals surface area contributed by atoms with E-state index in [1.54, 1.807) is 0 Å². The second kappa shape index (κ2) is 8.24. The van der Waals surface area contributed by atoms with Gasteiger partial charge in [-0.3, -0.25) is 9.52 Å². The van der Waals surface area contributed by atoms with E-state index in [1.165, 1.54) is 0 Å². The molecule has 0 spiro atoms. The van der Waals surface area contributed by atoms with E-state index in [2.05, 4.69) is 15.4 Å². The molecule has 1 fully saturated rings. The van der Waals surface area contributed by atoms with Crippen molar-refractivity contribution in [2.45, 2.75) is 19.0 Å². The summed E-state index contributed by atoms with van der Waals surface area (Å²) in [6.07, 6.45) is -2.32. The van der Waals surface area contributed by atoms with Crippen LogP contribution in [0, 0.1) is 5.92 Å². The Kier molecular flexibility index (Phi) is 7.09. The molecule has 1 aromatic carbocycles. The molecule has 1 aliphatic rings. The van der Waals surface area contributed by atoms with Crippen LogP contribution < -0.4 is 15.4 Å². The third-order valence-corrected chi connectivity index (χ3v) is 4.16. The summed E-state index contributed by atoms with van der Waals surface area (Å²) in [4.78, 5) is 12.2. The predicted molar refractivity (Wildman–Crippen MR) is 91.4 cm³/mol. The maximum absolute atomic E-state index is 12.9. The number of anilines is 2. The fourth-order valence-electron chi connectivity index (χ4n) is 2.42. The summed E-state index contributed by atoms with van der Waals surface area (Å²) in [5, 5.41) is 5.45. The first kappa shape index (κ1) is 21.5. The number of benzene rings is 1. The number of carbonyl (C=O) groups is 1. The first-order valence-electron chi connectivity index (χ1n) is 7.27. The van der Waals surface area contributed by atoms with Gasteiger partial charge in [-0.1, -0.05) is 0 Å². The number of piperidine rings is 1. The van der Waals surface area contributed by atoms with Gasteiger partial charge in [-0.2, -0.15) is 13.2 Å². The molecule has 0 aromatic heterocycles. The van der Waals surface area contributed by atoms with Crippen molar-refractivity contribution in [1.29, 1.82) is 0 Å². The second-order valence-electron chi connectivity index (χ2n) is 5.66. The van der Waals surface area contributed by atoms with E-state index in [0.29, 0.717) is 13.0 Å². The van der Waals surface area contributed by atoms with Crippen LogP contribution in [0.3, 0.4) is 0 Å². The monoisotopic (exact) mass is 401 g/mol. The van der Waals surface area contributed by atoms with Gasteiger partial charge < -0.3 is 10.6 Å². The minimum absolute atomic E-state index is 0. The number of alkyl halides is 3. The number of nitrogens with one attached hydrogen (secondary N) is 3. The van der Waals surface area contributed by atoms with Crippen LogP contribution in [0.1, 0.15) is 18.4 Å². The van der Waals surface area contributed by atoms with Crippen molar-refractivity contribution in [3.63, 3.8) is 0 Å². The van der Waals surface area contributed by atoms with Gasteiger partial charge in [-0.05, 0) is 37.6 Å². The van der Waals surface area contributed by atoms with Crippen molar-refractivity contribution in [1.82, 2.24) is 5.32 Å². The van der Waals surface area contributed by atoms with Crippen LogP contribution in [0.25, 0.3) is 0 Å². The molecule has 142 valence electrons. The Balaban J connectivity index is 0.00000312. The standard InChI is InChI=1S/C14H18F3N3O3S.ClH/c1-24(22,23)20-11-5-4-10(14(15,16)17)7-12(11)19-13(21)9-3-2-6-18-8-9;/h4-5,7,9,18,20H,2-3,6,8H2,1H3,(H,19,21);1H. The first-order chi connectivity index (χ1) is 11.1. The summed E-state index contributed by atoms with van der Waals surface area (Å²) in [5.74, 6) is -0.822. The zero-order valence-electron chi connectivity index (χ0n) is 13.3. The second-order valence-corrected chi connectivity index (χ2v) is 7.41. The number of hydrogen-bond acceptors (Lipinski definition) is 4. The summed E-state index contributed by atoms with van der Waals surface area (Å²) in [5.41, 5.74) is -1.30. The van der Waals surface area contributed by atoms with Crippen molar-refractivity contribution in [2.75, 3.05) is 29.4 Å². The topological polar surface area (TPSA) is 87.3 Å². The number of carbonyl (C=O) groups excluding carboxylic acids is 1. The zero-order chi connectivity index (χ0) is 18.0. The summed E-state index contributed by atoms with van der Waals surface area (Å²) in [6.45, 7) is 1.22. The van der Waals surface area contributed by atoms with Gasteiger partial charge in [-0.25, -0.2) is 8.42 Å². The molecule has 1 aliphatic heterocycles. The highest BCUT2D eigenvalue weighted by molar-refractivity contribution is 7.92. The largest absolute Gasteiger partial charge is 0.416 e. The van der Waals surface area contributed by atoms with Gasteiger partial charge in [0.25, 0.3) is 0 Å². The fourth-order valence-corrected chi connectivity index (χ4v) is 3.00. The number of rotatable bonds is 4. The molecule has 0 saturated carbocycles. The lowest BCUT2D eigenvalue weighted by atomic mass is 9.98. The molecule has 11 heteroatoms. The lowest BCUT2D eigenvalue weighted by Crippen LogP contribution is -2.37. The van der Waals surface area contributed by atoms with E-state index in [0.717, 1.165) is 37.4 Å². The van der Waals surface area contributed by atoms with E-state index in [4.69, 9.17) is 0 Å². The molecule has 0 aliphatic carbocycles. The van der Waals surface area contributed by atoms with Gasteiger partial charge in [0.1, 0.15) is 0 Å². The predicted octanol–water partition coefficient (Wildman–Crippen LogP) is 2.44.